The summed E-state index contributed by atoms with van der Waals surface area (Å²) in [4.78, 5) is 16.8. The van der Waals surface area contributed by atoms with Gasteiger partial charge in [-0.2, -0.15) is 0 Å². The van der Waals surface area contributed by atoms with Gasteiger partial charge in [0.25, 0.3) is 10.0 Å². The summed E-state index contributed by atoms with van der Waals surface area (Å²) in [6.07, 6.45) is 0. The lowest BCUT2D eigenvalue weighted by Gasteiger charge is -2.11. The predicted octanol–water partition coefficient (Wildman–Crippen LogP) is 0.338. The molecule has 1 aliphatic heterocycles. The van der Waals surface area contributed by atoms with E-state index in [1.807, 2.05) is 0 Å². The lowest BCUT2D eigenvalue weighted by molar-refractivity contribution is -0.122. The topological polar surface area (TPSA) is 134 Å². The molecule has 0 unspecified atom stereocenters. The summed E-state index contributed by atoms with van der Waals surface area (Å²) in [7, 11) is -5.94. The fourth-order valence-electron chi connectivity index (χ4n) is 2.76. The van der Waals surface area contributed by atoms with Crippen LogP contribution in [0.5, 0.6) is 0 Å². The van der Waals surface area contributed by atoms with Crippen molar-refractivity contribution in [1.29, 1.82) is 0 Å². The van der Waals surface area contributed by atoms with E-state index in [0.29, 0.717) is 11.1 Å². The van der Waals surface area contributed by atoms with Crippen LogP contribution in [-0.2, 0) is 31.4 Å². The van der Waals surface area contributed by atoms with E-state index in [-0.39, 0.29) is 22.2 Å². The normalized spacial score (nSPS) is 17.4. The number of benzene rings is 2. The van der Waals surface area contributed by atoms with Gasteiger partial charge in [0.05, 0.1) is 9.79 Å². The molecule has 3 rings (SSSR count). The average Bonchev–Trinajstić information content (AvgIpc) is 2.96. The summed E-state index contributed by atoms with van der Waals surface area (Å²) in [5.74, 6) is -0.312. The van der Waals surface area contributed by atoms with Crippen LogP contribution >= 0.6 is 0 Å². The van der Waals surface area contributed by atoms with Gasteiger partial charge in [-0.25, -0.2) is 21.6 Å². The Bertz CT molecular complexity index is 1190. The molecule has 0 bridgehead atoms. The minimum absolute atomic E-state index is 0.0945. The van der Waals surface area contributed by atoms with Gasteiger partial charge in [0.2, 0.25) is 15.9 Å². The first-order valence-corrected chi connectivity index (χ1v) is 11.6. The number of aliphatic imine (C=N–C) groups is 1. The van der Waals surface area contributed by atoms with Crippen LogP contribution in [0.3, 0.4) is 0 Å². The van der Waals surface area contributed by atoms with E-state index in [1.165, 1.54) is 25.2 Å². The van der Waals surface area contributed by atoms with Crippen LogP contribution in [0.4, 0.5) is 0 Å². The van der Waals surface area contributed by atoms with Crippen molar-refractivity contribution in [3.05, 3.63) is 59.7 Å². The minimum Gasteiger partial charge on any atom is -0.350 e. The molecule has 0 aromatic heterocycles. The number of hydrogen-bond donors (Lipinski definition) is 3. The van der Waals surface area contributed by atoms with E-state index in [1.54, 1.807) is 37.3 Å². The SMILES string of the molecule is CNS(=O)(=O)c1cccc(CNC(=O)[C@H](C)N=C2NS(=O)(=O)c3ccccc32)c1. The molecule has 0 radical (unpaired) electrons. The molecule has 2 aromatic rings. The van der Waals surface area contributed by atoms with Gasteiger partial charge in [0, 0.05) is 12.1 Å². The van der Waals surface area contributed by atoms with Crippen LogP contribution < -0.4 is 14.8 Å². The van der Waals surface area contributed by atoms with Crippen LogP contribution in [0.25, 0.3) is 0 Å². The summed E-state index contributed by atoms with van der Waals surface area (Å²) in [6, 6.07) is 11.7. The van der Waals surface area contributed by atoms with Gasteiger partial charge in [-0.05, 0) is 43.8 Å². The molecule has 0 saturated carbocycles. The van der Waals surface area contributed by atoms with Crippen molar-refractivity contribution in [1.82, 2.24) is 14.8 Å². The number of amidine groups is 1. The molecule has 2 aromatic carbocycles. The number of carbonyl (C=O) groups excluding carboxylic acids is 1. The van der Waals surface area contributed by atoms with E-state index in [9.17, 15) is 21.6 Å². The zero-order valence-electron chi connectivity index (χ0n) is 15.7. The number of sulfonamides is 2. The lowest BCUT2D eigenvalue weighted by atomic mass is 10.2. The van der Waals surface area contributed by atoms with E-state index in [4.69, 9.17) is 0 Å². The fourth-order valence-corrected chi connectivity index (χ4v) is 4.80. The maximum absolute atomic E-state index is 12.4. The zero-order chi connectivity index (χ0) is 21.2. The molecule has 1 amide bonds. The number of rotatable bonds is 6. The van der Waals surface area contributed by atoms with Gasteiger partial charge in [0.1, 0.15) is 11.9 Å². The first-order chi connectivity index (χ1) is 13.6. The van der Waals surface area contributed by atoms with Gasteiger partial charge < -0.3 is 5.32 Å². The second-order valence-electron chi connectivity index (χ2n) is 6.33. The number of fused-ring (bicyclic) bond motifs is 1. The Morgan fingerprint density at radius 3 is 2.62 bits per heavy atom. The molecule has 11 heteroatoms. The maximum atomic E-state index is 12.4. The highest BCUT2D eigenvalue weighted by Crippen LogP contribution is 2.22. The van der Waals surface area contributed by atoms with E-state index >= 15 is 0 Å². The minimum atomic E-state index is -3.68. The summed E-state index contributed by atoms with van der Waals surface area (Å²) in [5, 5.41) is 2.68. The van der Waals surface area contributed by atoms with Crippen molar-refractivity contribution < 1.29 is 21.6 Å². The number of nitrogens with one attached hydrogen (secondary N) is 3. The molecule has 154 valence electrons. The standard InChI is InChI=1S/C18H20N4O5S2/c1-12(21-17-15-8-3-4-9-16(15)29(26,27)22-17)18(23)20-11-13-6-5-7-14(10-13)28(24,25)19-2/h3-10,12,19H,11H2,1-2H3,(H,20,23)(H,21,22)/t12-/m0/s1. The number of hydrogen-bond acceptors (Lipinski definition) is 6. The first kappa shape index (κ1) is 21.0. The van der Waals surface area contributed by atoms with Crippen molar-refractivity contribution in [3.8, 4) is 0 Å². The van der Waals surface area contributed by atoms with Crippen molar-refractivity contribution in [2.45, 2.75) is 29.3 Å². The molecule has 0 aliphatic carbocycles. The second kappa shape index (κ2) is 7.93. The first-order valence-electron chi connectivity index (χ1n) is 8.64. The Morgan fingerprint density at radius 2 is 1.90 bits per heavy atom. The highest BCUT2D eigenvalue weighted by molar-refractivity contribution is 7.90. The third-order valence-electron chi connectivity index (χ3n) is 4.31. The van der Waals surface area contributed by atoms with E-state index in [0.717, 1.165) is 0 Å². The molecule has 1 atom stereocenters. The Morgan fingerprint density at radius 1 is 1.17 bits per heavy atom. The van der Waals surface area contributed by atoms with Crippen molar-refractivity contribution in [2.24, 2.45) is 4.99 Å². The van der Waals surface area contributed by atoms with Gasteiger partial charge >= 0.3 is 0 Å². The highest BCUT2D eigenvalue weighted by atomic mass is 32.2. The average molecular weight is 437 g/mol. The van der Waals surface area contributed by atoms with E-state index < -0.39 is 32.0 Å². The molecule has 1 aliphatic rings. The van der Waals surface area contributed by atoms with Crippen molar-refractivity contribution in [2.75, 3.05) is 7.05 Å². The molecule has 0 saturated heterocycles. The van der Waals surface area contributed by atoms with Gasteiger partial charge in [-0.15, -0.1) is 0 Å². The summed E-state index contributed by atoms with van der Waals surface area (Å²) < 4.78 is 52.6. The summed E-state index contributed by atoms with van der Waals surface area (Å²) >= 11 is 0. The number of carbonyl (C=O) groups is 1. The number of nitrogens with zero attached hydrogens (tertiary/aromatic N) is 1. The molecule has 9 nitrogen and oxygen atoms in total. The van der Waals surface area contributed by atoms with Crippen LogP contribution in [-0.4, -0.2) is 41.7 Å². The van der Waals surface area contributed by atoms with E-state index in [2.05, 4.69) is 19.8 Å². The van der Waals surface area contributed by atoms with Crippen molar-refractivity contribution >= 4 is 31.8 Å². The third-order valence-corrected chi connectivity index (χ3v) is 7.12. The maximum Gasteiger partial charge on any atom is 0.263 e. The third kappa shape index (κ3) is 4.47. The fraction of sp³-hybridized carbons (Fsp3) is 0.222. The number of amides is 1. The van der Waals surface area contributed by atoms with Crippen LogP contribution in [0.15, 0.2) is 63.3 Å². The molecule has 0 fully saturated rings. The Hall–Kier alpha value is -2.76. The summed E-state index contributed by atoms with van der Waals surface area (Å²) in [6.45, 7) is 1.64. The second-order valence-corrected chi connectivity index (χ2v) is 9.87. The molecule has 3 N–H and O–H groups in total. The van der Waals surface area contributed by atoms with Gasteiger partial charge in [-0.1, -0.05) is 24.3 Å². The van der Waals surface area contributed by atoms with Gasteiger partial charge in [0.15, 0.2) is 0 Å². The summed E-state index contributed by atoms with van der Waals surface area (Å²) in [5.41, 5.74) is 1.01. The molecule has 29 heavy (non-hydrogen) atoms. The Kier molecular flexibility index (Phi) is 5.73. The molecular weight excluding hydrogens is 416 g/mol. The smallest absolute Gasteiger partial charge is 0.263 e. The predicted molar refractivity (Wildman–Crippen MR) is 107 cm³/mol. The Balaban J connectivity index is 1.71. The molecule has 1 heterocycles. The highest BCUT2D eigenvalue weighted by Gasteiger charge is 2.31. The molecular formula is C18H20N4O5S2. The van der Waals surface area contributed by atoms with Crippen LogP contribution in [0, 0.1) is 0 Å². The lowest BCUT2D eigenvalue weighted by Crippen LogP contribution is -2.33. The zero-order valence-corrected chi connectivity index (χ0v) is 17.3. The van der Waals surface area contributed by atoms with Crippen LogP contribution in [0.1, 0.15) is 18.1 Å². The Labute approximate surface area is 169 Å². The van der Waals surface area contributed by atoms with Crippen molar-refractivity contribution in [3.63, 3.8) is 0 Å². The van der Waals surface area contributed by atoms with Crippen LogP contribution in [0.2, 0.25) is 0 Å². The monoisotopic (exact) mass is 436 g/mol. The quantitative estimate of drug-likeness (QED) is 0.600. The van der Waals surface area contributed by atoms with Gasteiger partial charge in [-0.3, -0.25) is 14.5 Å². The largest absolute Gasteiger partial charge is 0.350 e. The molecule has 0 spiro atoms.